The van der Waals surface area contributed by atoms with Crippen LogP contribution < -0.4 is 10.1 Å². The monoisotopic (exact) mass is 295 g/mol. The number of ether oxygens (including phenoxy) is 1. The molecule has 0 saturated carbocycles. The molecule has 0 saturated heterocycles. The van der Waals surface area contributed by atoms with Gasteiger partial charge in [0.2, 0.25) is 5.91 Å². The molecule has 22 heavy (non-hydrogen) atoms. The summed E-state index contributed by atoms with van der Waals surface area (Å²) in [4.78, 5) is 12.0. The van der Waals surface area contributed by atoms with Crippen molar-refractivity contribution < 1.29 is 9.53 Å². The lowest BCUT2D eigenvalue weighted by atomic mass is 10.1. The van der Waals surface area contributed by atoms with Crippen molar-refractivity contribution in [3.05, 3.63) is 65.2 Å². The lowest BCUT2D eigenvalue weighted by molar-refractivity contribution is -0.111. The molecule has 3 heteroatoms. The van der Waals surface area contributed by atoms with Crippen molar-refractivity contribution in [2.75, 3.05) is 11.9 Å². The van der Waals surface area contributed by atoms with Gasteiger partial charge >= 0.3 is 0 Å². The Bertz CT molecular complexity index is 672. The van der Waals surface area contributed by atoms with Crippen LogP contribution in [0.15, 0.2) is 48.5 Å². The van der Waals surface area contributed by atoms with Crippen LogP contribution in [0, 0.1) is 13.8 Å². The van der Waals surface area contributed by atoms with Gasteiger partial charge in [-0.15, -0.1) is 0 Å². The van der Waals surface area contributed by atoms with E-state index in [2.05, 4.69) is 5.32 Å². The number of carbonyl (C=O) groups is 1. The van der Waals surface area contributed by atoms with Crippen molar-refractivity contribution in [1.29, 1.82) is 0 Å². The lowest BCUT2D eigenvalue weighted by Gasteiger charge is -2.07. The number of anilines is 1. The Balaban J connectivity index is 1.98. The fraction of sp³-hybridized carbons (Fsp3) is 0.211. The molecule has 2 aromatic rings. The minimum absolute atomic E-state index is 0.138. The van der Waals surface area contributed by atoms with Crippen LogP contribution >= 0.6 is 0 Å². The molecule has 0 aromatic heterocycles. The normalized spacial score (nSPS) is 10.7. The van der Waals surface area contributed by atoms with Gasteiger partial charge in [-0.3, -0.25) is 4.79 Å². The molecular formula is C19H21NO2. The van der Waals surface area contributed by atoms with E-state index in [4.69, 9.17) is 4.74 Å². The van der Waals surface area contributed by atoms with Crippen LogP contribution in [0.2, 0.25) is 0 Å². The third kappa shape index (κ3) is 4.48. The highest BCUT2D eigenvalue weighted by molar-refractivity contribution is 6.02. The molecule has 0 atom stereocenters. The Labute approximate surface area is 131 Å². The summed E-state index contributed by atoms with van der Waals surface area (Å²) in [6.07, 6.45) is 3.32. The smallest absolute Gasteiger partial charge is 0.248 e. The highest BCUT2D eigenvalue weighted by Gasteiger charge is 2.01. The SMILES string of the molecule is CCOc1ccc(/C=C/C(=O)Nc2ccc(C)cc2C)cc1. The van der Waals surface area contributed by atoms with E-state index < -0.39 is 0 Å². The molecule has 0 heterocycles. The number of hydrogen-bond donors (Lipinski definition) is 1. The van der Waals surface area contributed by atoms with Gasteiger partial charge in [-0.25, -0.2) is 0 Å². The molecule has 1 N–H and O–H groups in total. The summed E-state index contributed by atoms with van der Waals surface area (Å²) in [5.74, 6) is 0.695. The Kier molecular flexibility index (Phi) is 5.37. The summed E-state index contributed by atoms with van der Waals surface area (Å²) >= 11 is 0. The molecule has 114 valence electrons. The maximum atomic E-state index is 12.0. The van der Waals surface area contributed by atoms with E-state index in [9.17, 15) is 4.79 Å². The fourth-order valence-electron chi connectivity index (χ4n) is 2.14. The third-order valence-corrected chi connectivity index (χ3v) is 3.26. The van der Waals surface area contributed by atoms with Gasteiger partial charge < -0.3 is 10.1 Å². The van der Waals surface area contributed by atoms with Crippen molar-refractivity contribution >= 4 is 17.7 Å². The summed E-state index contributed by atoms with van der Waals surface area (Å²) in [6, 6.07) is 13.6. The topological polar surface area (TPSA) is 38.3 Å². The zero-order chi connectivity index (χ0) is 15.9. The lowest BCUT2D eigenvalue weighted by Crippen LogP contribution is -2.08. The Morgan fingerprint density at radius 2 is 1.86 bits per heavy atom. The zero-order valence-corrected chi connectivity index (χ0v) is 13.2. The van der Waals surface area contributed by atoms with E-state index in [1.165, 1.54) is 11.6 Å². The first kappa shape index (κ1) is 15.8. The second-order valence-electron chi connectivity index (χ2n) is 5.14. The standard InChI is InChI=1S/C19H21NO2/c1-4-22-17-9-6-16(7-10-17)8-12-19(21)20-18-11-5-14(2)13-15(18)3/h5-13H,4H2,1-3H3,(H,20,21)/b12-8+. The van der Waals surface area contributed by atoms with Crippen molar-refractivity contribution in [2.45, 2.75) is 20.8 Å². The summed E-state index contributed by atoms with van der Waals surface area (Å²) in [6.45, 7) is 6.61. The number of hydrogen-bond acceptors (Lipinski definition) is 2. The molecule has 0 spiro atoms. The Morgan fingerprint density at radius 1 is 1.14 bits per heavy atom. The molecule has 0 aliphatic heterocycles. The average molecular weight is 295 g/mol. The van der Waals surface area contributed by atoms with Crippen LogP contribution in [0.4, 0.5) is 5.69 Å². The van der Waals surface area contributed by atoms with Crippen LogP contribution in [-0.4, -0.2) is 12.5 Å². The van der Waals surface area contributed by atoms with Crippen LogP contribution in [0.5, 0.6) is 5.75 Å². The van der Waals surface area contributed by atoms with Crippen molar-refractivity contribution in [3.8, 4) is 5.75 Å². The van der Waals surface area contributed by atoms with Crippen LogP contribution in [0.1, 0.15) is 23.6 Å². The average Bonchev–Trinajstić information content (AvgIpc) is 2.50. The minimum atomic E-state index is -0.138. The summed E-state index contributed by atoms with van der Waals surface area (Å²) in [5, 5.41) is 2.89. The number of carbonyl (C=O) groups excluding carboxylic acids is 1. The molecule has 2 aromatic carbocycles. The van der Waals surface area contributed by atoms with E-state index in [1.54, 1.807) is 6.08 Å². The number of nitrogens with one attached hydrogen (secondary N) is 1. The van der Waals surface area contributed by atoms with Gasteiger partial charge in [-0.2, -0.15) is 0 Å². The highest BCUT2D eigenvalue weighted by atomic mass is 16.5. The maximum absolute atomic E-state index is 12.0. The van der Waals surface area contributed by atoms with Crippen molar-refractivity contribution in [3.63, 3.8) is 0 Å². The summed E-state index contributed by atoms with van der Waals surface area (Å²) in [7, 11) is 0. The summed E-state index contributed by atoms with van der Waals surface area (Å²) in [5.41, 5.74) is 4.04. The second-order valence-corrected chi connectivity index (χ2v) is 5.14. The first-order valence-electron chi connectivity index (χ1n) is 7.37. The number of amides is 1. The molecule has 2 rings (SSSR count). The Hall–Kier alpha value is -2.55. The van der Waals surface area contributed by atoms with E-state index >= 15 is 0 Å². The predicted octanol–water partition coefficient (Wildman–Crippen LogP) is 4.35. The van der Waals surface area contributed by atoms with Crippen LogP contribution in [-0.2, 0) is 4.79 Å². The van der Waals surface area contributed by atoms with Gasteiger partial charge in [0.05, 0.1) is 6.61 Å². The molecular weight excluding hydrogens is 274 g/mol. The van der Waals surface area contributed by atoms with Crippen LogP contribution in [0.25, 0.3) is 6.08 Å². The number of benzene rings is 2. The highest BCUT2D eigenvalue weighted by Crippen LogP contribution is 2.16. The molecule has 0 radical (unpaired) electrons. The second kappa shape index (κ2) is 7.46. The van der Waals surface area contributed by atoms with E-state index in [0.717, 1.165) is 22.6 Å². The minimum Gasteiger partial charge on any atom is -0.494 e. The van der Waals surface area contributed by atoms with E-state index in [1.807, 2.05) is 63.2 Å². The quantitative estimate of drug-likeness (QED) is 0.833. The van der Waals surface area contributed by atoms with Crippen molar-refractivity contribution in [1.82, 2.24) is 0 Å². The molecule has 3 nitrogen and oxygen atoms in total. The largest absolute Gasteiger partial charge is 0.494 e. The molecule has 0 fully saturated rings. The van der Waals surface area contributed by atoms with Crippen molar-refractivity contribution in [2.24, 2.45) is 0 Å². The Morgan fingerprint density at radius 3 is 2.50 bits per heavy atom. The van der Waals surface area contributed by atoms with Gasteiger partial charge in [0.15, 0.2) is 0 Å². The van der Waals surface area contributed by atoms with E-state index in [-0.39, 0.29) is 5.91 Å². The van der Waals surface area contributed by atoms with E-state index in [0.29, 0.717) is 6.61 Å². The van der Waals surface area contributed by atoms with Gasteiger partial charge in [0.1, 0.15) is 5.75 Å². The summed E-state index contributed by atoms with van der Waals surface area (Å²) < 4.78 is 5.38. The zero-order valence-electron chi connectivity index (χ0n) is 13.2. The van der Waals surface area contributed by atoms with Gasteiger partial charge in [0.25, 0.3) is 0 Å². The predicted molar refractivity (Wildman–Crippen MR) is 91.2 cm³/mol. The van der Waals surface area contributed by atoms with Gasteiger partial charge in [-0.05, 0) is 56.2 Å². The molecule has 0 aliphatic carbocycles. The molecule has 1 amide bonds. The number of aryl methyl sites for hydroxylation is 2. The first-order chi connectivity index (χ1) is 10.6. The maximum Gasteiger partial charge on any atom is 0.248 e. The number of rotatable bonds is 5. The third-order valence-electron chi connectivity index (χ3n) is 3.26. The molecule has 0 aliphatic rings. The molecule has 0 unspecified atom stereocenters. The molecule has 0 bridgehead atoms. The fourth-order valence-corrected chi connectivity index (χ4v) is 2.14. The van der Waals surface area contributed by atoms with Crippen LogP contribution in [0.3, 0.4) is 0 Å². The van der Waals surface area contributed by atoms with Gasteiger partial charge in [0, 0.05) is 11.8 Å². The van der Waals surface area contributed by atoms with Gasteiger partial charge in [-0.1, -0.05) is 29.8 Å². The first-order valence-corrected chi connectivity index (χ1v) is 7.37.